The molecule has 1 aromatic heterocycles. The maximum absolute atomic E-state index is 11.8. The molecule has 21 heavy (non-hydrogen) atoms. The zero-order chi connectivity index (χ0) is 15.2. The van der Waals surface area contributed by atoms with Crippen LogP contribution in [-0.2, 0) is 11.3 Å². The molecule has 0 spiro atoms. The molecule has 1 heterocycles. The molecule has 110 valence electrons. The molecular weight excluding hydrogens is 292 g/mol. The molecule has 3 N–H and O–H groups in total. The summed E-state index contributed by atoms with van der Waals surface area (Å²) >= 11 is 1.58. The number of carbonyl (C=O) groups excluding carboxylic acids is 1. The number of carboxylic acid groups (broad SMARTS) is 1. The summed E-state index contributed by atoms with van der Waals surface area (Å²) in [5, 5.41) is 17.8. The number of aromatic nitrogens is 2. The van der Waals surface area contributed by atoms with Gasteiger partial charge in [-0.3, -0.25) is 9.48 Å². The van der Waals surface area contributed by atoms with E-state index in [1.54, 1.807) is 17.8 Å². The molecule has 1 aromatic carbocycles. The highest BCUT2D eigenvalue weighted by atomic mass is 32.2. The number of hydrogen-bond acceptors (Lipinski definition) is 4. The summed E-state index contributed by atoms with van der Waals surface area (Å²) in [6.45, 7) is -0.251. The van der Waals surface area contributed by atoms with Crippen LogP contribution in [0.4, 0.5) is 16.2 Å². The van der Waals surface area contributed by atoms with Gasteiger partial charge in [0.15, 0.2) is 0 Å². The Morgan fingerprint density at radius 2 is 2.10 bits per heavy atom. The molecule has 2 aromatic rings. The third-order valence-electron chi connectivity index (χ3n) is 2.52. The number of nitrogens with zero attached hydrogens (tertiary/aromatic N) is 2. The summed E-state index contributed by atoms with van der Waals surface area (Å²) in [6, 6.07) is 7.03. The molecule has 0 saturated heterocycles. The van der Waals surface area contributed by atoms with Gasteiger partial charge in [-0.05, 0) is 24.5 Å². The number of urea groups is 1. The van der Waals surface area contributed by atoms with Gasteiger partial charge in [0.2, 0.25) is 0 Å². The number of carboxylic acids is 1. The van der Waals surface area contributed by atoms with E-state index < -0.39 is 12.0 Å². The van der Waals surface area contributed by atoms with Crippen LogP contribution in [-0.4, -0.2) is 33.1 Å². The predicted octanol–water partition coefficient (Wildman–Crippen LogP) is 2.33. The van der Waals surface area contributed by atoms with E-state index in [0.29, 0.717) is 11.4 Å². The van der Waals surface area contributed by atoms with Gasteiger partial charge in [0.25, 0.3) is 0 Å². The number of hydrogen-bond donors (Lipinski definition) is 3. The fraction of sp³-hybridized carbons (Fsp3) is 0.154. The van der Waals surface area contributed by atoms with Crippen LogP contribution in [0.3, 0.4) is 0 Å². The number of carbonyl (C=O) groups is 2. The fourth-order valence-corrected chi connectivity index (χ4v) is 2.11. The minimum Gasteiger partial charge on any atom is -0.480 e. The largest absolute Gasteiger partial charge is 0.480 e. The lowest BCUT2D eigenvalue weighted by Crippen LogP contribution is -2.19. The molecule has 2 rings (SSSR count). The van der Waals surface area contributed by atoms with Crippen LogP contribution in [0.1, 0.15) is 0 Å². The molecule has 0 aliphatic carbocycles. The Bertz CT molecular complexity index is 656. The Kier molecular flexibility index (Phi) is 4.83. The molecule has 0 aliphatic rings. The Balaban J connectivity index is 1.94. The summed E-state index contributed by atoms with van der Waals surface area (Å²) < 4.78 is 1.23. The second-order valence-electron chi connectivity index (χ2n) is 4.13. The second-order valence-corrected chi connectivity index (χ2v) is 5.01. The lowest BCUT2D eigenvalue weighted by molar-refractivity contribution is -0.137. The highest BCUT2D eigenvalue weighted by molar-refractivity contribution is 7.98. The average Bonchev–Trinajstić information content (AvgIpc) is 2.85. The quantitative estimate of drug-likeness (QED) is 0.737. The zero-order valence-corrected chi connectivity index (χ0v) is 12.1. The van der Waals surface area contributed by atoms with Crippen molar-refractivity contribution in [3.05, 3.63) is 36.7 Å². The smallest absolute Gasteiger partial charge is 0.325 e. The normalized spacial score (nSPS) is 10.1. The van der Waals surface area contributed by atoms with Crippen molar-refractivity contribution in [1.82, 2.24) is 9.78 Å². The molecule has 0 aliphatic heterocycles. The van der Waals surface area contributed by atoms with E-state index in [2.05, 4.69) is 15.7 Å². The maximum Gasteiger partial charge on any atom is 0.325 e. The number of nitrogens with one attached hydrogen (secondary N) is 2. The summed E-state index contributed by atoms with van der Waals surface area (Å²) in [5.41, 5.74) is 1.10. The third kappa shape index (κ3) is 4.53. The van der Waals surface area contributed by atoms with Crippen molar-refractivity contribution in [3.63, 3.8) is 0 Å². The van der Waals surface area contributed by atoms with Gasteiger partial charge >= 0.3 is 12.0 Å². The summed E-state index contributed by atoms with van der Waals surface area (Å²) in [4.78, 5) is 23.4. The number of aliphatic carboxylic acids is 1. The first kappa shape index (κ1) is 14.9. The van der Waals surface area contributed by atoms with Gasteiger partial charge in [-0.2, -0.15) is 5.10 Å². The van der Waals surface area contributed by atoms with Crippen molar-refractivity contribution < 1.29 is 14.7 Å². The van der Waals surface area contributed by atoms with E-state index in [4.69, 9.17) is 5.11 Å². The summed E-state index contributed by atoms with van der Waals surface area (Å²) in [6.07, 6.45) is 4.79. The average molecular weight is 306 g/mol. The molecule has 2 amide bonds. The van der Waals surface area contributed by atoms with Gasteiger partial charge < -0.3 is 15.7 Å². The maximum atomic E-state index is 11.8. The third-order valence-corrected chi connectivity index (χ3v) is 3.24. The molecule has 0 fully saturated rings. The van der Waals surface area contributed by atoms with Crippen LogP contribution in [0.2, 0.25) is 0 Å². The van der Waals surface area contributed by atoms with Crippen molar-refractivity contribution in [3.8, 4) is 0 Å². The number of thioether (sulfide) groups is 1. The fourth-order valence-electron chi connectivity index (χ4n) is 1.65. The van der Waals surface area contributed by atoms with Crippen molar-refractivity contribution in [2.75, 3.05) is 16.9 Å². The first-order valence-corrected chi connectivity index (χ1v) is 7.25. The lowest BCUT2D eigenvalue weighted by atomic mass is 10.3. The molecule has 0 radical (unpaired) electrons. The van der Waals surface area contributed by atoms with Gasteiger partial charge in [0.05, 0.1) is 11.9 Å². The first-order chi connectivity index (χ1) is 10.1. The van der Waals surface area contributed by atoms with Crippen LogP contribution in [0, 0.1) is 0 Å². The Morgan fingerprint density at radius 3 is 2.81 bits per heavy atom. The number of amides is 2. The Hall–Kier alpha value is -2.48. The van der Waals surface area contributed by atoms with Crippen LogP contribution < -0.4 is 10.6 Å². The Morgan fingerprint density at radius 1 is 1.33 bits per heavy atom. The van der Waals surface area contributed by atoms with E-state index >= 15 is 0 Å². The van der Waals surface area contributed by atoms with E-state index in [1.807, 2.05) is 24.5 Å². The standard InChI is InChI=1S/C13H14N4O3S/c1-21-11-4-2-3-9(5-11)15-13(20)16-10-6-14-17(7-10)8-12(18)19/h2-7H,8H2,1H3,(H,18,19)(H2,15,16,20). The van der Waals surface area contributed by atoms with Crippen molar-refractivity contribution in [2.24, 2.45) is 0 Å². The van der Waals surface area contributed by atoms with Gasteiger partial charge in [-0.25, -0.2) is 4.79 Å². The number of rotatable bonds is 5. The van der Waals surface area contributed by atoms with E-state index in [0.717, 1.165) is 4.90 Å². The van der Waals surface area contributed by atoms with Crippen molar-refractivity contribution in [1.29, 1.82) is 0 Å². The number of anilines is 2. The Labute approximate surface area is 125 Å². The molecule has 0 bridgehead atoms. The van der Waals surface area contributed by atoms with Crippen LogP contribution in [0.15, 0.2) is 41.6 Å². The van der Waals surface area contributed by atoms with Crippen LogP contribution >= 0.6 is 11.8 Å². The molecule has 0 saturated carbocycles. The number of benzene rings is 1. The highest BCUT2D eigenvalue weighted by Crippen LogP contribution is 2.19. The van der Waals surface area contributed by atoms with Gasteiger partial charge in [0, 0.05) is 16.8 Å². The van der Waals surface area contributed by atoms with Crippen LogP contribution in [0.25, 0.3) is 0 Å². The first-order valence-electron chi connectivity index (χ1n) is 6.03. The van der Waals surface area contributed by atoms with E-state index in [1.165, 1.54) is 17.1 Å². The van der Waals surface area contributed by atoms with E-state index in [-0.39, 0.29) is 6.54 Å². The highest BCUT2D eigenvalue weighted by Gasteiger charge is 2.06. The van der Waals surface area contributed by atoms with Crippen molar-refractivity contribution in [2.45, 2.75) is 11.4 Å². The molecular formula is C13H14N4O3S. The second kappa shape index (κ2) is 6.80. The lowest BCUT2D eigenvalue weighted by Gasteiger charge is -2.06. The SMILES string of the molecule is CSc1cccc(NC(=O)Nc2cnn(CC(=O)O)c2)c1. The molecule has 7 nitrogen and oxygen atoms in total. The molecule has 0 atom stereocenters. The zero-order valence-electron chi connectivity index (χ0n) is 11.2. The molecule has 8 heteroatoms. The summed E-state index contributed by atoms with van der Waals surface area (Å²) in [5.74, 6) is -0.997. The minimum absolute atomic E-state index is 0.251. The van der Waals surface area contributed by atoms with Crippen molar-refractivity contribution >= 4 is 35.1 Å². The van der Waals surface area contributed by atoms with Gasteiger partial charge in [0.1, 0.15) is 6.54 Å². The van der Waals surface area contributed by atoms with Gasteiger partial charge in [-0.1, -0.05) is 6.07 Å². The molecule has 0 unspecified atom stereocenters. The monoisotopic (exact) mass is 306 g/mol. The topological polar surface area (TPSA) is 96.3 Å². The summed E-state index contributed by atoms with van der Waals surface area (Å²) in [7, 11) is 0. The van der Waals surface area contributed by atoms with E-state index in [9.17, 15) is 9.59 Å². The minimum atomic E-state index is -0.997. The van der Waals surface area contributed by atoms with Crippen LogP contribution in [0.5, 0.6) is 0 Å². The predicted molar refractivity (Wildman–Crippen MR) is 80.7 cm³/mol. The van der Waals surface area contributed by atoms with Gasteiger partial charge in [-0.15, -0.1) is 11.8 Å².